The second-order valence-electron chi connectivity index (χ2n) is 6.81. The lowest BCUT2D eigenvalue weighted by Crippen LogP contribution is -2.34. The van der Waals surface area contributed by atoms with Gasteiger partial charge in [-0.3, -0.25) is 18.2 Å². The van der Waals surface area contributed by atoms with E-state index in [-0.39, 0.29) is 21.9 Å². The number of carbonyl (C=O) groups is 1. The van der Waals surface area contributed by atoms with Crippen LogP contribution in [0.5, 0.6) is 0 Å². The van der Waals surface area contributed by atoms with Crippen LogP contribution in [-0.2, 0) is 0 Å². The Balaban J connectivity index is 1.83. The van der Waals surface area contributed by atoms with Gasteiger partial charge in [0.15, 0.2) is 5.76 Å². The zero-order valence-electron chi connectivity index (χ0n) is 16.0. The highest BCUT2D eigenvalue weighted by atomic mass is 32.3. The Hall–Kier alpha value is -3.57. The molecule has 0 saturated heterocycles. The van der Waals surface area contributed by atoms with Gasteiger partial charge in [-0.1, -0.05) is 53.2 Å². The van der Waals surface area contributed by atoms with Gasteiger partial charge in [0.2, 0.25) is 5.78 Å². The fourth-order valence-corrected chi connectivity index (χ4v) is 4.85. The molecule has 0 unspecified atom stereocenters. The molecule has 7 heteroatoms. The molecule has 150 valence electrons. The molecule has 0 bridgehead atoms. The van der Waals surface area contributed by atoms with Crippen molar-refractivity contribution in [3.05, 3.63) is 95.2 Å². The molecule has 3 aromatic carbocycles. The van der Waals surface area contributed by atoms with Crippen LogP contribution in [0.4, 0.5) is 0 Å². The zero-order valence-corrected chi connectivity index (χ0v) is 16.8. The van der Waals surface area contributed by atoms with Crippen molar-refractivity contribution in [1.82, 2.24) is 4.31 Å². The quantitative estimate of drug-likeness (QED) is 0.385. The van der Waals surface area contributed by atoms with Crippen molar-refractivity contribution in [3.63, 3.8) is 0 Å². The summed E-state index contributed by atoms with van der Waals surface area (Å²) >= 11 is 0. The van der Waals surface area contributed by atoms with Crippen molar-refractivity contribution < 1.29 is 19.0 Å². The molecule has 3 N–H and O–H groups in total. The fourth-order valence-electron chi connectivity index (χ4n) is 3.42. The van der Waals surface area contributed by atoms with Crippen LogP contribution >= 0.6 is 10.8 Å². The molecule has 3 aromatic rings. The molecule has 30 heavy (non-hydrogen) atoms. The standard InChI is InChI=1S/C23H18N2O4S/c1-25-21(23(27)19-7-2-3-8-20(19)30(25,28)29)22(26)18-6-4-5-17(13-18)16-11-9-15(14-24)10-12-16/h2-13,26,28-29H,1H3. The molecule has 0 aliphatic carbocycles. The summed E-state index contributed by atoms with van der Waals surface area (Å²) in [6.07, 6.45) is 0. The number of fused-ring (bicyclic) bond motifs is 1. The number of ketones is 1. The molecule has 0 amide bonds. The Morgan fingerprint density at radius 2 is 1.67 bits per heavy atom. The molecule has 1 aliphatic rings. The number of carbonyl (C=O) groups excluding carboxylic acids is 1. The van der Waals surface area contributed by atoms with Crippen LogP contribution < -0.4 is 0 Å². The molecule has 0 spiro atoms. The molecule has 0 saturated carbocycles. The molecule has 4 rings (SSSR count). The van der Waals surface area contributed by atoms with E-state index in [0.717, 1.165) is 15.4 Å². The predicted molar refractivity (Wildman–Crippen MR) is 116 cm³/mol. The minimum Gasteiger partial charge on any atom is -0.505 e. The van der Waals surface area contributed by atoms with Crippen LogP contribution in [0.2, 0.25) is 0 Å². The Labute approximate surface area is 175 Å². The average molecular weight is 418 g/mol. The first-order chi connectivity index (χ1) is 14.3. The molecule has 0 atom stereocenters. The van der Waals surface area contributed by atoms with E-state index >= 15 is 0 Å². The highest BCUT2D eigenvalue weighted by Gasteiger charge is 2.39. The largest absolute Gasteiger partial charge is 0.505 e. The van der Waals surface area contributed by atoms with Crippen molar-refractivity contribution in [3.8, 4) is 17.2 Å². The Kier molecular flexibility index (Phi) is 4.84. The summed E-state index contributed by atoms with van der Waals surface area (Å²) in [4.78, 5) is 13.2. The Morgan fingerprint density at radius 3 is 2.37 bits per heavy atom. The minimum absolute atomic E-state index is 0.139. The van der Waals surface area contributed by atoms with Crippen molar-refractivity contribution in [2.24, 2.45) is 0 Å². The monoisotopic (exact) mass is 418 g/mol. The number of allylic oxidation sites excluding steroid dienone is 1. The van der Waals surface area contributed by atoms with Gasteiger partial charge in [0.25, 0.3) is 0 Å². The molecule has 1 heterocycles. The average Bonchev–Trinajstić information content (AvgIpc) is 2.78. The summed E-state index contributed by atoms with van der Waals surface area (Å²) in [5.41, 5.74) is 2.50. The lowest BCUT2D eigenvalue weighted by atomic mass is 9.99. The van der Waals surface area contributed by atoms with Gasteiger partial charge >= 0.3 is 0 Å². The number of aliphatic hydroxyl groups excluding tert-OH is 1. The summed E-state index contributed by atoms with van der Waals surface area (Å²) < 4.78 is 22.4. The van der Waals surface area contributed by atoms with Crippen LogP contribution in [-0.4, -0.2) is 31.3 Å². The number of benzene rings is 3. The maximum Gasteiger partial charge on any atom is 0.216 e. The van der Waals surface area contributed by atoms with E-state index < -0.39 is 16.6 Å². The van der Waals surface area contributed by atoms with Gasteiger partial charge in [0, 0.05) is 18.2 Å². The summed E-state index contributed by atoms with van der Waals surface area (Å²) in [6, 6.07) is 22.3. The summed E-state index contributed by atoms with van der Waals surface area (Å²) in [5.74, 6) is -0.826. The molecular weight excluding hydrogens is 400 g/mol. The topological polar surface area (TPSA) is 105 Å². The third-order valence-electron chi connectivity index (χ3n) is 5.05. The molecule has 1 aliphatic heterocycles. The van der Waals surface area contributed by atoms with Crippen LogP contribution in [0.1, 0.15) is 21.5 Å². The number of hydrogen-bond acceptors (Lipinski definition) is 6. The lowest BCUT2D eigenvalue weighted by Gasteiger charge is -2.46. The summed E-state index contributed by atoms with van der Waals surface area (Å²) in [6.45, 7) is 0. The first-order valence-electron chi connectivity index (χ1n) is 9.04. The third-order valence-corrected chi connectivity index (χ3v) is 6.94. The summed E-state index contributed by atoms with van der Waals surface area (Å²) in [5, 5.41) is 19.9. The van der Waals surface area contributed by atoms with Crippen molar-refractivity contribution in [2.75, 3.05) is 7.05 Å². The molecule has 0 aromatic heterocycles. The van der Waals surface area contributed by atoms with Gasteiger partial charge < -0.3 is 5.11 Å². The maximum atomic E-state index is 13.1. The zero-order chi connectivity index (χ0) is 21.5. The van der Waals surface area contributed by atoms with Gasteiger partial charge in [-0.2, -0.15) is 5.26 Å². The van der Waals surface area contributed by atoms with Gasteiger partial charge in [-0.05, 0) is 41.5 Å². The smallest absolute Gasteiger partial charge is 0.216 e. The Morgan fingerprint density at radius 1 is 0.967 bits per heavy atom. The number of hydrogen-bond donors (Lipinski definition) is 3. The van der Waals surface area contributed by atoms with E-state index in [1.165, 1.54) is 19.2 Å². The number of nitriles is 1. The normalized spacial score (nSPS) is 17.7. The molecular formula is C23H18N2O4S. The van der Waals surface area contributed by atoms with E-state index in [4.69, 9.17) is 5.26 Å². The van der Waals surface area contributed by atoms with E-state index in [0.29, 0.717) is 11.1 Å². The van der Waals surface area contributed by atoms with E-state index in [1.54, 1.807) is 54.6 Å². The van der Waals surface area contributed by atoms with Crippen LogP contribution in [0.25, 0.3) is 16.9 Å². The number of rotatable bonds is 2. The first-order valence-corrected chi connectivity index (χ1v) is 10.5. The van der Waals surface area contributed by atoms with Crippen LogP contribution in [0.15, 0.2) is 83.4 Å². The minimum atomic E-state index is -3.46. The number of aliphatic hydroxyl groups is 1. The van der Waals surface area contributed by atoms with Crippen LogP contribution in [0.3, 0.4) is 0 Å². The highest BCUT2D eigenvalue weighted by Crippen LogP contribution is 2.58. The van der Waals surface area contributed by atoms with E-state index in [1.807, 2.05) is 6.07 Å². The summed E-state index contributed by atoms with van der Waals surface area (Å²) in [7, 11) is -2.09. The number of nitrogens with zero attached hydrogens (tertiary/aromatic N) is 2. The molecule has 0 radical (unpaired) electrons. The lowest BCUT2D eigenvalue weighted by molar-refractivity contribution is 0.0999. The highest BCUT2D eigenvalue weighted by molar-refractivity contribution is 8.22. The third kappa shape index (κ3) is 3.13. The first kappa shape index (κ1) is 19.7. The molecule has 6 nitrogen and oxygen atoms in total. The fraction of sp³-hybridized carbons (Fsp3) is 0.0435. The van der Waals surface area contributed by atoms with Gasteiger partial charge in [0.05, 0.1) is 16.5 Å². The van der Waals surface area contributed by atoms with E-state index in [2.05, 4.69) is 6.07 Å². The van der Waals surface area contributed by atoms with E-state index in [9.17, 15) is 19.0 Å². The van der Waals surface area contributed by atoms with Crippen LogP contribution in [0, 0.1) is 11.3 Å². The second-order valence-corrected chi connectivity index (χ2v) is 8.83. The predicted octanol–water partition coefficient (Wildman–Crippen LogP) is 5.30. The van der Waals surface area contributed by atoms with Gasteiger partial charge in [-0.15, -0.1) is 0 Å². The van der Waals surface area contributed by atoms with Crippen molar-refractivity contribution in [2.45, 2.75) is 4.90 Å². The van der Waals surface area contributed by atoms with Crippen molar-refractivity contribution in [1.29, 1.82) is 5.26 Å². The number of Topliss-reactive ketones (excluding diaryl/α,β-unsaturated/α-hetero) is 1. The number of likely N-dealkylation sites (N-methyl/N-ethyl adjacent to an activating group) is 1. The van der Waals surface area contributed by atoms with Gasteiger partial charge in [0.1, 0.15) is 5.70 Å². The maximum absolute atomic E-state index is 13.1. The Bertz CT molecular complexity index is 1230. The molecule has 0 fully saturated rings. The van der Waals surface area contributed by atoms with Crippen molar-refractivity contribution >= 4 is 22.3 Å². The second kappa shape index (κ2) is 7.35. The van der Waals surface area contributed by atoms with Gasteiger partial charge in [-0.25, -0.2) is 0 Å². The SMILES string of the molecule is CN1C(=C(O)c2cccc(-c3ccc(C#N)cc3)c2)C(=O)c2ccccc2S1(O)O.